The van der Waals surface area contributed by atoms with Crippen molar-refractivity contribution in [1.29, 1.82) is 0 Å². The zero-order chi connectivity index (χ0) is 11.6. The Morgan fingerprint density at radius 1 is 1.31 bits per heavy atom. The Labute approximate surface area is 98.9 Å². The third-order valence-corrected chi connectivity index (χ3v) is 6.53. The van der Waals surface area contributed by atoms with Crippen LogP contribution in [-0.2, 0) is 0 Å². The molecule has 4 rings (SSSR count). The predicted molar refractivity (Wildman–Crippen MR) is 66.0 cm³/mol. The van der Waals surface area contributed by atoms with Crippen LogP contribution < -0.4 is 0 Å². The summed E-state index contributed by atoms with van der Waals surface area (Å²) in [5.41, 5.74) is 2.43. The first-order chi connectivity index (χ1) is 7.54. The van der Waals surface area contributed by atoms with Gasteiger partial charge < -0.3 is 5.11 Å². The fourth-order valence-corrected chi connectivity index (χ4v) is 5.19. The quantitative estimate of drug-likeness (QED) is 0.720. The van der Waals surface area contributed by atoms with Gasteiger partial charge >= 0.3 is 0 Å². The van der Waals surface area contributed by atoms with E-state index in [-0.39, 0.29) is 6.61 Å². The van der Waals surface area contributed by atoms with E-state index in [1.54, 1.807) is 0 Å². The van der Waals surface area contributed by atoms with E-state index in [9.17, 15) is 0 Å². The Morgan fingerprint density at radius 3 is 2.38 bits per heavy atom. The van der Waals surface area contributed by atoms with E-state index in [4.69, 9.17) is 5.11 Å². The second-order valence-corrected chi connectivity index (χ2v) is 6.83. The molecule has 4 aliphatic carbocycles. The Balaban J connectivity index is 1.68. The molecule has 0 aromatic carbocycles. The molecule has 90 valence electrons. The number of allylic oxidation sites excluding steroid dienone is 1. The maximum absolute atomic E-state index is 8.99. The Kier molecular flexibility index (Phi) is 2.12. The molecule has 1 nitrogen and oxygen atoms in total. The van der Waals surface area contributed by atoms with Crippen LogP contribution in [0.4, 0.5) is 0 Å². The molecular formula is C15H24O. The molecule has 0 spiro atoms. The Hall–Kier alpha value is -0.300. The summed E-state index contributed by atoms with van der Waals surface area (Å²) in [5.74, 6) is 3.16. The van der Waals surface area contributed by atoms with Gasteiger partial charge in [-0.3, -0.25) is 0 Å². The first-order valence-corrected chi connectivity index (χ1v) is 6.80. The fraction of sp³-hybridized carbons (Fsp3) is 0.867. The van der Waals surface area contributed by atoms with Crippen LogP contribution in [0.25, 0.3) is 0 Å². The molecule has 16 heavy (non-hydrogen) atoms. The van der Waals surface area contributed by atoms with E-state index in [0.29, 0.717) is 10.8 Å². The molecule has 0 amide bonds. The number of aliphatic hydroxyl groups is 1. The third kappa shape index (κ3) is 1.06. The van der Waals surface area contributed by atoms with E-state index >= 15 is 0 Å². The molecule has 4 fully saturated rings. The molecule has 0 aromatic heterocycles. The van der Waals surface area contributed by atoms with Crippen LogP contribution in [0, 0.1) is 28.6 Å². The Morgan fingerprint density at radius 2 is 1.94 bits per heavy atom. The van der Waals surface area contributed by atoms with Gasteiger partial charge in [-0.05, 0) is 61.2 Å². The van der Waals surface area contributed by atoms with E-state index in [2.05, 4.69) is 19.9 Å². The van der Waals surface area contributed by atoms with Gasteiger partial charge in [-0.25, -0.2) is 0 Å². The van der Waals surface area contributed by atoms with Crippen LogP contribution in [0.5, 0.6) is 0 Å². The van der Waals surface area contributed by atoms with Crippen molar-refractivity contribution in [3.05, 3.63) is 11.6 Å². The molecule has 0 heterocycles. The molecule has 0 radical (unpaired) electrons. The summed E-state index contributed by atoms with van der Waals surface area (Å²) in [5, 5.41) is 8.99. The SMILES string of the molecule is CC(=CCC[C@]1(C)C2C[C@@H]3[C@H](C2)C31C)CO. The third-order valence-electron chi connectivity index (χ3n) is 6.53. The van der Waals surface area contributed by atoms with Gasteiger partial charge in [0, 0.05) is 0 Å². The van der Waals surface area contributed by atoms with Crippen LogP contribution in [-0.4, -0.2) is 11.7 Å². The normalized spacial score (nSPS) is 53.5. The zero-order valence-electron chi connectivity index (χ0n) is 10.8. The molecule has 5 atom stereocenters. The minimum absolute atomic E-state index is 0.225. The van der Waals surface area contributed by atoms with E-state index in [1.165, 1.54) is 19.3 Å². The van der Waals surface area contributed by atoms with Crippen molar-refractivity contribution < 1.29 is 5.11 Å². The summed E-state index contributed by atoms with van der Waals surface area (Å²) in [6, 6.07) is 0. The highest BCUT2D eigenvalue weighted by atomic mass is 16.3. The minimum atomic E-state index is 0.225. The number of hydrogen-bond donors (Lipinski definition) is 1. The second-order valence-electron chi connectivity index (χ2n) is 6.83. The van der Waals surface area contributed by atoms with Gasteiger partial charge in [0.25, 0.3) is 0 Å². The average Bonchev–Trinajstić information content (AvgIpc) is 2.62. The topological polar surface area (TPSA) is 20.2 Å². The van der Waals surface area contributed by atoms with Gasteiger partial charge in [0.05, 0.1) is 6.61 Å². The predicted octanol–water partition coefficient (Wildman–Crippen LogP) is 3.39. The zero-order valence-corrected chi connectivity index (χ0v) is 10.8. The van der Waals surface area contributed by atoms with Crippen LogP contribution in [0.3, 0.4) is 0 Å². The summed E-state index contributed by atoms with van der Waals surface area (Å²) in [6.45, 7) is 7.33. The molecule has 4 saturated carbocycles. The number of aliphatic hydroxyl groups excluding tert-OH is 1. The van der Waals surface area contributed by atoms with Crippen LogP contribution in [0.2, 0.25) is 0 Å². The van der Waals surface area contributed by atoms with E-state index in [1.807, 2.05) is 6.92 Å². The lowest BCUT2D eigenvalue weighted by Crippen LogP contribution is -2.26. The summed E-state index contributed by atoms with van der Waals surface area (Å²) in [7, 11) is 0. The molecule has 2 unspecified atom stereocenters. The molecule has 1 N–H and O–H groups in total. The van der Waals surface area contributed by atoms with Crippen molar-refractivity contribution in [2.45, 2.75) is 46.5 Å². The smallest absolute Gasteiger partial charge is 0.0639 e. The fourth-order valence-electron chi connectivity index (χ4n) is 5.19. The average molecular weight is 220 g/mol. The molecule has 0 saturated heterocycles. The Bertz CT molecular complexity index is 331. The number of rotatable bonds is 4. The largest absolute Gasteiger partial charge is 0.392 e. The van der Waals surface area contributed by atoms with Crippen molar-refractivity contribution >= 4 is 0 Å². The molecule has 4 aliphatic rings. The highest BCUT2D eigenvalue weighted by Gasteiger charge is 2.80. The first kappa shape index (κ1) is 10.8. The molecule has 0 aliphatic heterocycles. The van der Waals surface area contributed by atoms with Gasteiger partial charge in [-0.1, -0.05) is 25.5 Å². The van der Waals surface area contributed by atoms with Gasteiger partial charge in [0.15, 0.2) is 0 Å². The van der Waals surface area contributed by atoms with Gasteiger partial charge in [-0.2, -0.15) is 0 Å². The van der Waals surface area contributed by atoms with Crippen LogP contribution in [0.15, 0.2) is 11.6 Å². The lowest BCUT2D eigenvalue weighted by molar-refractivity contribution is 0.154. The standard InChI is InChI=1S/C15H24O/c1-10(9-16)5-4-6-14(2)11-7-12-13(8-11)15(12,14)3/h5,11-13,16H,4,6-9H2,1-3H3/t11?,12-,13+,14-,15?/m1/s1. The maximum atomic E-state index is 8.99. The maximum Gasteiger partial charge on any atom is 0.0639 e. The van der Waals surface area contributed by atoms with Crippen molar-refractivity contribution in [2.24, 2.45) is 28.6 Å². The lowest BCUT2D eigenvalue weighted by Gasteiger charge is -2.34. The van der Waals surface area contributed by atoms with Gasteiger partial charge in [0.1, 0.15) is 0 Å². The molecular weight excluding hydrogens is 196 g/mol. The molecule has 1 heteroatoms. The molecule has 4 bridgehead atoms. The minimum Gasteiger partial charge on any atom is -0.392 e. The van der Waals surface area contributed by atoms with Crippen molar-refractivity contribution in [3.63, 3.8) is 0 Å². The van der Waals surface area contributed by atoms with Crippen molar-refractivity contribution in [2.75, 3.05) is 6.61 Å². The van der Waals surface area contributed by atoms with E-state index < -0.39 is 0 Å². The number of hydrogen-bond acceptors (Lipinski definition) is 1. The molecule has 0 aromatic rings. The van der Waals surface area contributed by atoms with Crippen molar-refractivity contribution in [3.8, 4) is 0 Å². The monoisotopic (exact) mass is 220 g/mol. The lowest BCUT2D eigenvalue weighted by atomic mass is 9.71. The highest BCUT2D eigenvalue weighted by Crippen LogP contribution is 2.87. The van der Waals surface area contributed by atoms with Gasteiger partial charge in [0.2, 0.25) is 0 Å². The van der Waals surface area contributed by atoms with Crippen LogP contribution in [0.1, 0.15) is 46.5 Å². The summed E-state index contributed by atoms with van der Waals surface area (Å²) < 4.78 is 0. The van der Waals surface area contributed by atoms with Crippen LogP contribution >= 0.6 is 0 Å². The summed E-state index contributed by atoms with van der Waals surface area (Å²) in [6.07, 6.45) is 7.76. The first-order valence-electron chi connectivity index (χ1n) is 6.80. The summed E-state index contributed by atoms with van der Waals surface area (Å²) >= 11 is 0. The van der Waals surface area contributed by atoms with E-state index in [0.717, 1.165) is 29.7 Å². The van der Waals surface area contributed by atoms with Crippen molar-refractivity contribution in [1.82, 2.24) is 0 Å². The second kappa shape index (κ2) is 3.13. The summed E-state index contributed by atoms with van der Waals surface area (Å²) in [4.78, 5) is 0. The highest BCUT2D eigenvalue weighted by molar-refractivity contribution is 5.29. The van der Waals surface area contributed by atoms with Gasteiger partial charge in [-0.15, -0.1) is 0 Å².